The molecule has 5 nitrogen and oxygen atoms in total. The molecule has 4 rings (SSSR count). The van der Waals surface area contributed by atoms with Crippen LogP contribution in [0, 0.1) is 20.8 Å². The van der Waals surface area contributed by atoms with E-state index in [4.69, 9.17) is 9.97 Å². The lowest BCUT2D eigenvalue weighted by molar-refractivity contribution is 0.775. The standard InChI is InChI=1S/C24H25N5/c1-6-13-25-19-10-11-20-24(17(19)4)28-21(29(20)5)12-9-18-14-26-22-15(2)7-8-16(3)23(22)27-18/h6-8,10-11,13-14H,1,9,12H2,2-5H3/b25-13-. The molecule has 5 heteroatoms. The summed E-state index contributed by atoms with van der Waals surface area (Å²) in [7, 11) is 2.07. The van der Waals surface area contributed by atoms with Gasteiger partial charge in [-0.15, -0.1) is 0 Å². The molecule has 0 aliphatic rings. The lowest BCUT2D eigenvalue weighted by Crippen LogP contribution is -2.03. The van der Waals surface area contributed by atoms with Crippen molar-refractivity contribution in [2.75, 3.05) is 0 Å². The first-order valence-electron chi connectivity index (χ1n) is 9.81. The highest BCUT2D eigenvalue weighted by molar-refractivity contribution is 5.86. The number of fused-ring (bicyclic) bond motifs is 2. The first-order chi connectivity index (χ1) is 14.0. The van der Waals surface area contributed by atoms with Gasteiger partial charge in [0.15, 0.2) is 0 Å². The minimum absolute atomic E-state index is 0.800. The van der Waals surface area contributed by atoms with E-state index in [1.54, 1.807) is 12.3 Å². The Bertz CT molecular complexity index is 1260. The van der Waals surface area contributed by atoms with Crippen molar-refractivity contribution in [3.63, 3.8) is 0 Å². The smallest absolute Gasteiger partial charge is 0.110 e. The van der Waals surface area contributed by atoms with E-state index in [0.29, 0.717) is 0 Å². The number of benzene rings is 2. The van der Waals surface area contributed by atoms with Crippen LogP contribution in [0.4, 0.5) is 5.69 Å². The van der Waals surface area contributed by atoms with Gasteiger partial charge in [0.1, 0.15) is 5.82 Å². The van der Waals surface area contributed by atoms with E-state index in [-0.39, 0.29) is 0 Å². The highest BCUT2D eigenvalue weighted by Gasteiger charge is 2.13. The van der Waals surface area contributed by atoms with Gasteiger partial charge in [0.05, 0.1) is 33.4 Å². The fraction of sp³-hybridized carbons (Fsp3) is 0.250. The number of imidazole rings is 1. The maximum absolute atomic E-state index is 4.90. The number of rotatable bonds is 5. The van der Waals surface area contributed by atoms with Gasteiger partial charge in [-0.05, 0) is 50.5 Å². The Kier molecular flexibility index (Phi) is 4.97. The predicted octanol–water partition coefficient (Wildman–Crippen LogP) is 5.12. The molecule has 0 spiro atoms. The van der Waals surface area contributed by atoms with Crippen molar-refractivity contribution in [3.8, 4) is 0 Å². The summed E-state index contributed by atoms with van der Waals surface area (Å²) in [6.07, 6.45) is 6.89. The Hall–Kier alpha value is -3.34. The second-order valence-corrected chi connectivity index (χ2v) is 7.44. The Morgan fingerprint density at radius 1 is 0.966 bits per heavy atom. The number of allylic oxidation sites excluding steroid dienone is 1. The normalized spacial score (nSPS) is 11.7. The van der Waals surface area contributed by atoms with Crippen LogP contribution < -0.4 is 0 Å². The summed E-state index contributed by atoms with van der Waals surface area (Å²) in [4.78, 5) is 18.9. The maximum Gasteiger partial charge on any atom is 0.110 e. The first kappa shape index (κ1) is 19.0. The number of nitrogens with zero attached hydrogens (tertiary/aromatic N) is 5. The van der Waals surface area contributed by atoms with E-state index in [2.05, 4.69) is 67.1 Å². The zero-order valence-corrected chi connectivity index (χ0v) is 17.4. The van der Waals surface area contributed by atoms with Gasteiger partial charge in [0, 0.05) is 31.4 Å². The van der Waals surface area contributed by atoms with Gasteiger partial charge in [0.25, 0.3) is 0 Å². The predicted molar refractivity (Wildman–Crippen MR) is 120 cm³/mol. The van der Waals surface area contributed by atoms with Crippen LogP contribution in [0.2, 0.25) is 0 Å². The van der Waals surface area contributed by atoms with Gasteiger partial charge < -0.3 is 4.57 Å². The maximum atomic E-state index is 4.90. The quantitative estimate of drug-likeness (QED) is 0.450. The number of hydrogen-bond donors (Lipinski definition) is 0. The van der Waals surface area contributed by atoms with Crippen molar-refractivity contribution in [2.24, 2.45) is 12.0 Å². The molecule has 0 unspecified atom stereocenters. The summed E-state index contributed by atoms with van der Waals surface area (Å²) in [6.45, 7) is 9.91. The fourth-order valence-electron chi connectivity index (χ4n) is 3.68. The van der Waals surface area contributed by atoms with Crippen LogP contribution in [0.3, 0.4) is 0 Å². The minimum Gasteiger partial charge on any atom is -0.331 e. The van der Waals surface area contributed by atoms with Crippen molar-refractivity contribution >= 4 is 34.0 Å². The van der Waals surface area contributed by atoms with Gasteiger partial charge in [-0.1, -0.05) is 24.8 Å². The third-order valence-electron chi connectivity index (χ3n) is 5.45. The Morgan fingerprint density at radius 2 is 1.72 bits per heavy atom. The molecule has 2 heterocycles. The Labute approximate surface area is 170 Å². The van der Waals surface area contributed by atoms with E-state index in [1.165, 1.54) is 0 Å². The van der Waals surface area contributed by atoms with Crippen LogP contribution in [-0.4, -0.2) is 25.7 Å². The van der Waals surface area contributed by atoms with Crippen LogP contribution in [0.25, 0.3) is 22.1 Å². The van der Waals surface area contributed by atoms with Gasteiger partial charge in [-0.2, -0.15) is 0 Å². The third kappa shape index (κ3) is 3.44. The summed E-state index contributed by atoms with van der Waals surface area (Å²) in [5, 5.41) is 0. The van der Waals surface area contributed by atoms with Gasteiger partial charge in [-0.3, -0.25) is 9.98 Å². The number of aliphatic imine (C=N–C) groups is 1. The molecular formula is C24H25N5. The number of hydrogen-bond acceptors (Lipinski definition) is 4. The Balaban J connectivity index is 1.64. The molecule has 2 aromatic carbocycles. The van der Waals surface area contributed by atoms with E-state index in [0.717, 1.165) is 68.8 Å². The molecule has 4 aromatic rings. The van der Waals surface area contributed by atoms with Crippen molar-refractivity contribution in [2.45, 2.75) is 33.6 Å². The summed E-state index contributed by atoms with van der Waals surface area (Å²) in [5.41, 5.74) is 9.41. The van der Waals surface area contributed by atoms with E-state index in [1.807, 2.05) is 12.3 Å². The Morgan fingerprint density at radius 3 is 2.48 bits per heavy atom. The lowest BCUT2D eigenvalue weighted by atomic mass is 10.1. The van der Waals surface area contributed by atoms with Crippen molar-refractivity contribution in [1.29, 1.82) is 0 Å². The van der Waals surface area contributed by atoms with Gasteiger partial charge in [-0.25, -0.2) is 9.97 Å². The first-order valence-corrected chi connectivity index (χ1v) is 9.81. The fourth-order valence-corrected chi connectivity index (χ4v) is 3.68. The largest absolute Gasteiger partial charge is 0.331 e. The molecule has 0 radical (unpaired) electrons. The van der Waals surface area contributed by atoms with Gasteiger partial charge >= 0.3 is 0 Å². The summed E-state index contributed by atoms with van der Waals surface area (Å²) in [5.74, 6) is 1.04. The summed E-state index contributed by atoms with van der Waals surface area (Å²) >= 11 is 0. The second-order valence-electron chi connectivity index (χ2n) is 7.44. The molecule has 0 fully saturated rings. The molecule has 0 atom stereocenters. The topological polar surface area (TPSA) is 56.0 Å². The highest BCUT2D eigenvalue weighted by atomic mass is 15.1. The molecule has 0 saturated carbocycles. The van der Waals surface area contributed by atoms with Crippen LogP contribution in [0.15, 0.2) is 48.1 Å². The molecule has 0 bridgehead atoms. The van der Waals surface area contributed by atoms with E-state index < -0.39 is 0 Å². The van der Waals surface area contributed by atoms with Gasteiger partial charge in [0.2, 0.25) is 0 Å². The highest BCUT2D eigenvalue weighted by Crippen LogP contribution is 2.28. The second kappa shape index (κ2) is 7.59. The third-order valence-corrected chi connectivity index (χ3v) is 5.45. The van der Waals surface area contributed by atoms with Crippen molar-refractivity contribution < 1.29 is 0 Å². The average Bonchev–Trinajstić information content (AvgIpc) is 3.05. The number of aromatic nitrogens is 4. The molecule has 2 aromatic heterocycles. The molecule has 29 heavy (non-hydrogen) atoms. The molecule has 0 N–H and O–H groups in total. The molecule has 146 valence electrons. The van der Waals surface area contributed by atoms with Crippen molar-refractivity contribution in [3.05, 3.63) is 71.3 Å². The van der Waals surface area contributed by atoms with Crippen LogP contribution in [-0.2, 0) is 19.9 Å². The number of aryl methyl sites for hydroxylation is 6. The SMILES string of the molecule is C=C/C=N\c1ccc2c(nc(CCc3cnc4c(C)ccc(C)c4n3)n2C)c1C. The zero-order valence-electron chi connectivity index (χ0n) is 17.4. The molecule has 0 aliphatic carbocycles. The average molecular weight is 383 g/mol. The lowest BCUT2D eigenvalue weighted by Gasteiger charge is -2.07. The molecule has 0 aliphatic heterocycles. The summed E-state index contributed by atoms with van der Waals surface area (Å²) < 4.78 is 2.16. The van der Waals surface area contributed by atoms with Crippen molar-refractivity contribution in [1.82, 2.24) is 19.5 Å². The zero-order chi connectivity index (χ0) is 20.5. The minimum atomic E-state index is 0.800. The van der Waals surface area contributed by atoms with Crippen LogP contribution >= 0.6 is 0 Å². The van der Waals surface area contributed by atoms with Crippen LogP contribution in [0.1, 0.15) is 28.2 Å². The van der Waals surface area contributed by atoms with E-state index in [9.17, 15) is 0 Å². The van der Waals surface area contributed by atoms with E-state index >= 15 is 0 Å². The van der Waals surface area contributed by atoms with Crippen LogP contribution in [0.5, 0.6) is 0 Å². The summed E-state index contributed by atoms with van der Waals surface area (Å²) in [6, 6.07) is 8.32. The monoisotopic (exact) mass is 383 g/mol. The molecular weight excluding hydrogens is 358 g/mol. The molecule has 0 amide bonds. The molecule has 0 saturated heterocycles.